The molecule has 1 unspecified atom stereocenters. The van der Waals surface area contributed by atoms with E-state index in [9.17, 15) is 4.79 Å². The van der Waals surface area contributed by atoms with Crippen molar-refractivity contribution in [1.82, 2.24) is 14.8 Å². The van der Waals surface area contributed by atoms with Crippen LogP contribution < -0.4 is 10.9 Å². The van der Waals surface area contributed by atoms with E-state index in [-0.39, 0.29) is 16.6 Å². The Morgan fingerprint density at radius 2 is 2.35 bits per heavy atom. The molecule has 0 aliphatic rings. The second kappa shape index (κ2) is 4.85. The lowest BCUT2D eigenvalue weighted by molar-refractivity contribution is 0.706. The molecule has 0 aliphatic carbocycles. The lowest BCUT2D eigenvalue weighted by Gasteiger charge is -2.13. The van der Waals surface area contributed by atoms with Gasteiger partial charge in [0.15, 0.2) is 0 Å². The summed E-state index contributed by atoms with van der Waals surface area (Å²) >= 11 is 7.49. The van der Waals surface area contributed by atoms with Crippen molar-refractivity contribution in [3.8, 4) is 0 Å². The Balaban J connectivity index is 2.25. The molecule has 1 N–H and O–H groups in total. The average Bonchev–Trinajstić information content (AvgIpc) is 2.83. The largest absolute Gasteiger partial charge is 0.373 e. The third kappa shape index (κ3) is 2.48. The molecule has 0 spiro atoms. The minimum absolute atomic E-state index is 0.0126. The first-order chi connectivity index (χ1) is 8.09. The number of hydrogen-bond donors (Lipinski definition) is 1. The summed E-state index contributed by atoms with van der Waals surface area (Å²) in [5.74, 6) is 0. The van der Waals surface area contributed by atoms with Crippen molar-refractivity contribution >= 4 is 28.6 Å². The third-order valence-electron chi connectivity index (χ3n) is 2.27. The Morgan fingerprint density at radius 3 is 3.00 bits per heavy atom. The number of halogens is 1. The van der Waals surface area contributed by atoms with Crippen molar-refractivity contribution in [2.24, 2.45) is 7.05 Å². The molecule has 7 heteroatoms. The molecule has 2 aromatic rings. The maximum Gasteiger partial charge on any atom is 0.287 e. The van der Waals surface area contributed by atoms with Gasteiger partial charge in [0.1, 0.15) is 10.0 Å². The first-order valence-electron chi connectivity index (χ1n) is 4.97. The van der Waals surface area contributed by atoms with E-state index in [1.165, 1.54) is 10.9 Å². The molecule has 0 aliphatic heterocycles. The maximum absolute atomic E-state index is 11.6. The van der Waals surface area contributed by atoms with Crippen LogP contribution in [0.25, 0.3) is 0 Å². The number of aryl methyl sites for hydroxylation is 1. The van der Waals surface area contributed by atoms with Gasteiger partial charge in [-0.1, -0.05) is 11.6 Å². The van der Waals surface area contributed by atoms with Gasteiger partial charge in [-0.3, -0.25) is 4.79 Å². The summed E-state index contributed by atoms with van der Waals surface area (Å²) in [4.78, 5) is 15.8. The van der Waals surface area contributed by atoms with Gasteiger partial charge < -0.3 is 5.32 Å². The highest BCUT2D eigenvalue weighted by molar-refractivity contribution is 7.09. The number of nitrogens with one attached hydrogen (secondary N) is 1. The van der Waals surface area contributed by atoms with Gasteiger partial charge in [0.05, 0.1) is 17.9 Å². The van der Waals surface area contributed by atoms with Crippen molar-refractivity contribution in [3.63, 3.8) is 0 Å². The molecule has 2 aromatic heterocycles. The highest BCUT2D eigenvalue weighted by atomic mass is 35.5. The molecule has 90 valence electrons. The van der Waals surface area contributed by atoms with Crippen molar-refractivity contribution in [3.05, 3.63) is 38.2 Å². The van der Waals surface area contributed by atoms with E-state index < -0.39 is 0 Å². The van der Waals surface area contributed by atoms with E-state index in [4.69, 9.17) is 11.6 Å². The predicted octanol–water partition coefficient (Wildman–Crippen LogP) is 2.06. The molecule has 0 saturated carbocycles. The smallest absolute Gasteiger partial charge is 0.287 e. The summed E-state index contributed by atoms with van der Waals surface area (Å²) in [6, 6.07) is -0.0126. The summed E-state index contributed by atoms with van der Waals surface area (Å²) in [5.41, 5.74) is 0.209. The van der Waals surface area contributed by atoms with Crippen LogP contribution in [0.3, 0.4) is 0 Å². The molecule has 2 heterocycles. The Kier molecular flexibility index (Phi) is 3.44. The Morgan fingerprint density at radius 1 is 1.59 bits per heavy atom. The fraction of sp³-hybridized carbons (Fsp3) is 0.300. The molecule has 5 nitrogen and oxygen atoms in total. The Labute approximate surface area is 107 Å². The summed E-state index contributed by atoms with van der Waals surface area (Å²) < 4.78 is 1.20. The number of nitrogens with zero attached hydrogens (tertiary/aromatic N) is 3. The Bertz CT molecular complexity index is 566. The van der Waals surface area contributed by atoms with Crippen LogP contribution in [0.15, 0.2) is 22.6 Å². The van der Waals surface area contributed by atoms with Gasteiger partial charge >= 0.3 is 0 Å². The highest BCUT2D eigenvalue weighted by Crippen LogP contribution is 2.23. The van der Waals surface area contributed by atoms with Gasteiger partial charge in [0.2, 0.25) is 0 Å². The van der Waals surface area contributed by atoms with E-state index >= 15 is 0 Å². The number of rotatable bonds is 3. The average molecular weight is 271 g/mol. The van der Waals surface area contributed by atoms with Crippen molar-refractivity contribution in [1.29, 1.82) is 0 Å². The summed E-state index contributed by atoms with van der Waals surface area (Å²) in [5, 5.41) is 10.0. The molecular weight excluding hydrogens is 260 g/mol. The number of thiazole rings is 1. The van der Waals surface area contributed by atoms with E-state index in [1.807, 2.05) is 12.3 Å². The lowest BCUT2D eigenvalue weighted by atomic mass is 10.3. The first-order valence-corrected chi connectivity index (χ1v) is 6.23. The van der Waals surface area contributed by atoms with E-state index in [0.29, 0.717) is 5.69 Å². The van der Waals surface area contributed by atoms with Gasteiger partial charge in [-0.2, -0.15) is 5.10 Å². The van der Waals surface area contributed by atoms with Gasteiger partial charge in [-0.15, -0.1) is 11.3 Å². The Hall–Kier alpha value is -1.40. The molecule has 0 fully saturated rings. The zero-order valence-corrected chi connectivity index (χ0v) is 10.9. The highest BCUT2D eigenvalue weighted by Gasteiger charge is 2.12. The number of hydrogen-bond acceptors (Lipinski definition) is 5. The zero-order chi connectivity index (χ0) is 12.4. The molecule has 1 atom stereocenters. The molecule has 0 aromatic carbocycles. The molecule has 17 heavy (non-hydrogen) atoms. The van der Waals surface area contributed by atoms with Gasteiger partial charge in [0, 0.05) is 18.6 Å². The summed E-state index contributed by atoms with van der Waals surface area (Å²) in [6.07, 6.45) is 3.27. The monoisotopic (exact) mass is 270 g/mol. The lowest BCUT2D eigenvalue weighted by Crippen LogP contribution is -2.21. The van der Waals surface area contributed by atoms with E-state index in [1.54, 1.807) is 24.6 Å². The van der Waals surface area contributed by atoms with Crippen LogP contribution in [0.1, 0.15) is 18.0 Å². The van der Waals surface area contributed by atoms with E-state index in [0.717, 1.165) is 5.01 Å². The molecule has 0 saturated heterocycles. The minimum Gasteiger partial charge on any atom is -0.373 e. The summed E-state index contributed by atoms with van der Waals surface area (Å²) in [7, 11) is 1.56. The number of aromatic nitrogens is 3. The standard InChI is InChI=1S/C10H11ClN4OS/c1-6(9-12-3-4-17-9)14-7-5-13-15(2)10(16)8(7)11/h3-6,14H,1-2H3. The third-order valence-corrected chi connectivity index (χ3v) is 3.60. The minimum atomic E-state index is -0.317. The molecule has 0 radical (unpaired) electrons. The quantitative estimate of drug-likeness (QED) is 0.927. The zero-order valence-electron chi connectivity index (χ0n) is 9.35. The van der Waals surface area contributed by atoms with Crippen LogP contribution >= 0.6 is 22.9 Å². The second-order valence-corrected chi connectivity index (χ2v) is 4.84. The topological polar surface area (TPSA) is 59.8 Å². The first kappa shape index (κ1) is 12.1. The maximum atomic E-state index is 11.6. The molecule has 0 amide bonds. The second-order valence-electron chi connectivity index (χ2n) is 3.54. The SMILES string of the molecule is CC(Nc1cnn(C)c(=O)c1Cl)c1nccs1. The van der Waals surface area contributed by atoms with Crippen molar-refractivity contribution in [2.45, 2.75) is 13.0 Å². The number of anilines is 1. The normalized spacial score (nSPS) is 12.4. The van der Waals surface area contributed by atoms with Crippen LogP contribution in [-0.2, 0) is 7.05 Å². The van der Waals surface area contributed by atoms with Gasteiger partial charge in [-0.05, 0) is 6.92 Å². The van der Waals surface area contributed by atoms with Crippen molar-refractivity contribution in [2.75, 3.05) is 5.32 Å². The van der Waals surface area contributed by atoms with Crippen LogP contribution in [0.4, 0.5) is 5.69 Å². The fourth-order valence-corrected chi connectivity index (χ4v) is 2.23. The predicted molar refractivity (Wildman–Crippen MR) is 68.6 cm³/mol. The summed E-state index contributed by atoms with van der Waals surface area (Å²) in [6.45, 7) is 1.95. The van der Waals surface area contributed by atoms with E-state index in [2.05, 4.69) is 15.4 Å². The van der Waals surface area contributed by atoms with Gasteiger partial charge in [0.25, 0.3) is 5.56 Å². The van der Waals surface area contributed by atoms with Crippen LogP contribution in [0.5, 0.6) is 0 Å². The van der Waals surface area contributed by atoms with Crippen molar-refractivity contribution < 1.29 is 0 Å². The van der Waals surface area contributed by atoms with Gasteiger partial charge in [-0.25, -0.2) is 9.67 Å². The molecular formula is C10H11ClN4OS. The van der Waals surface area contributed by atoms with Crippen LogP contribution in [-0.4, -0.2) is 14.8 Å². The van der Waals surface area contributed by atoms with Crippen LogP contribution in [0.2, 0.25) is 5.02 Å². The molecule has 0 bridgehead atoms. The van der Waals surface area contributed by atoms with Crippen LogP contribution in [0, 0.1) is 0 Å². The molecule has 2 rings (SSSR count). The fourth-order valence-electron chi connectivity index (χ4n) is 1.35.